The number of hydrogen-bond acceptors (Lipinski definition) is 4. The van der Waals surface area contributed by atoms with E-state index in [2.05, 4.69) is 26.2 Å². The SMILES string of the molecule is [N-]=[N+]=NC[C@H](N=NN)C(=O)O. The Balaban J connectivity index is 4.10. The van der Waals surface area contributed by atoms with Crippen LogP contribution in [0.25, 0.3) is 10.4 Å². The fourth-order valence-electron chi connectivity index (χ4n) is 0.358. The Morgan fingerprint density at radius 1 is 1.82 bits per heavy atom. The standard InChI is InChI=1S/C3H6N6O2/c4-8-6-1-2(3(10)11)7-9-5/h2H,1H2,(H2,5,7)(H,10,11)/t2-/m0/s1. The van der Waals surface area contributed by atoms with Crippen LogP contribution in [0.3, 0.4) is 0 Å². The summed E-state index contributed by atoms with van der Waals surface area (Å²) in [6, 6.07) is -1.18. The zero-order chi connectivity index (χ0) is 8.69. The number of azide groups is 1. The molecule has 0 aliphatic carbocycles. The minimum Gasteiger partial charge on any atom is -0.480 e. The average Bonchev–Trinajstić information content (AvgIpc) is 1.97. The molecule has 1 atom stereocenters. The van der Waals surface area contributed by atoms with Gasteiger partial charge in [0.1, 0.15) is 0 Å². The maximum Gasteiger partial charge on any atom is 0.330 e. The summed E-state index contributed by atoms with van der Waals surface area (Å²) in [5, 5.41) is 17.2. The molecule has 11 heavy (non-hydrogen) atoms. The number of nitrogens with two attached hydrogens (primary N) is 1. The van der Waals surface area contributed by atoms with Crippen LogP contribution < -0.4 is 5.84 Å². The summed E-state index contributed by atoms with van der Waals surface area (Å²) in [4.78, 5) is 12.6. The minimum absolute atomic E-state index is 0.285. The van der Waals surface area contributed by atoms with Crippen molar-refractivity contribution >= 4 is 5.97 Å². The molecule has 8 nitrogen and oxygen atoms in total. The second kappa shape index (κ2) is 5.00. The molecule has 0 fully saturated rings. The number of aliphatic carboxylic acids is 1. The van der Waals surface area contributed by atoms with Crippen LogP contribution in [0.4, 0.5) is 0 Å². The van der Waals surface area contributed by atoms with E-state index < -0.39 is 12.0 Å². The van der Waals surface area contributed by atoms with Crippen LogP contribution in [0.15, 0.2) is 15.5 Å². The van der Waals surface area contributed by atoms with Gasteiger partial charge in [0.2, 0.25) is 0 Å². The Hall–Kier alpha value is -1.82. The Morgan fingerprint density at radius 2 is 2.45 bits per heavy atom. The maximum absolute atomic E-state index is 10.2. The van der Waals surface area contributed by atoms with E-state index in [0.717, 1.165) is 0 Å². The molecule has 8 heteroatoms. The van der Waals surface area contributed by atoms with Crippen LogP contribution in [-0.4, -0.2) is 23.7 Å². The lowest BCUT2D eigenvalue weighted by Crippen LogP contribution is -2.20. The monoisotopic (exact) mass is 158 g/mol. The number of nitrogens with zero attached hydrogens (tertiary/aromatic N) is 5. The fourth-order valence-corrected chi connectivity index (χ4v) is 0.358. The zero-order valence-electron chi connectivity index (χ0n) is 5.45. The molecule has 0 aliphatic heterocycles. The van der Waals surface area contributed by atoms with Crippen LogP contribution in [0, 0.1) is 0 Å². The van der Waals surface area contributed by atoms with Crippen molar-refractivity contribution in [3.8, 4) is 0 Å². The summed E-state index contributed by atoms with van der Waals surface area (Å²) in [5.41, 5.74) is 7.83. The largest absolute Gasteiger partial charge is 0.480 e. The zero-order valence-corrected chi connectivity index (χ0v) is 5.45. The summed E-state index contributed by atoms with van der Waals surface area (Å²) in [6.45, 7) is -0.285. The van der Waals surface area contributed by atoms with E-state index in [1.807, 2.05) is 0 Å². The molecule has 0 heterocycles. The summed E-state index contributed by atoms with van der Waals surface area (Å²) >= 11 is 0. The van der Waals surface area contributed by atoms with Crippen molar-refractivity contribution in [2.45, 2.75) is 6.04 Å². The predicted molar refractivity (Wildman–Crippen MR) is 34.5 cm³/mol. The molecule has 0 aliphatic rings. The number of carboxylic acid groups (broad SMARTS) is 1. The molecule has 3 N–H and O–H groups in total. The highest BCUT2D eigenvalue weighted by molar-refractivity contribution is 5.73. The van der Waals surface area contributed by atoms with Gasteiger partial charge in [0.05, 0.1) is 6.54 Å². The highest BCUT2D eigenvalue weighted by Crippen LogP contribution is 1.92. The smallest absolute Gasteiger partial charge is 0.330 e. The van der Waals surface area contributed by atoms with Crippen LogP contribution in [0.2, 0.25) is 0 Å². The van der Waals surface area contributed by atoms with E-state index in [9.17, 15) is 4.79 Å². The summed E-state index contributed by atoms with van der Waals surface area (Å²) in [7, 11) is 0. The highest BCUT2D eigenvalue weighted by atomic mass is 16.4. The van der Waals surface area contributed by atoms with Crippen LogP contribution in [-0.2, 0) is 4.79 Å². The van der Waals surface area contributed by atoms with Crippen LogP contribution in [0.5, 0.6) is 0 Å². The van der Waals surface area contributed by atoms with E-state index in [0.29, 0.717) is 0 Å². The van der Waals surface area contributed by atoms with Crippen molar-refractivity contribution in [3.63, 3.8) is 0 Å². The molecule has 0 aromatic rings. The molecule has 0 rings (SSSR count). The molecule has 0 spiro atoms. The molecule has 0 amide bonds. The van der Waals surface area contributed by atoms with Gasteiger partial charge in [0.15, 0.2) is 6.04 Å². The van der Waals surface area contributed by atoms with E-state index in [1.54, 1.807) is 0 Å². The first-order chi connectivity index (χ1) is 5.22. The molecule has 0 saturated heterocycles. The van der Waals surface area contributed by atoms with Crippen molar-refractivity contribution in [1.29, 1.82) is 0 Å². The van der Waals surface area contributed by atoms with Gasteiger partial charge in [0, 0.05) is 4.91 Å². The van der Waals surface area contributed by atoms with Crippen molar-refractivity contribution in [1.82, 2.24) is 0 Å². The first-order valence-corrected chi connectivity index (χ1v) is 2.56. The van der Waals surface area contributed by atoms with Gasteiger partial charge in [-0.15, -0.1) is 0 Å². The first-order valence-electron chi connectivity index (χ1n) is 2.56. The maximum atomic E-state index is 10.2. The van der Waals surface area contributed by atoms with Gasteiger partial charge in [-0.25, -0.2) is 4.79 Å². The van der Waals surface area contributed by atoms with Gasteiger partial charge in [-0.3, -0.25) is 0 Å². The molecule has 0 bridgehead atoms. The minimum atomic E-state index is -1.23. The lowest BCUT2D eigenvalue weighted by Gasteiger charge is -1.97. The third kappa shape index (κ3) is 3.71. The average molecular weight is 158 g/mol. The second-order valence-corrected chi connectivity index (χ2v) is 1.50. The first kappa shape index (κ1) is 9.18. The van der Waals surface area contributed by atoms with Crippen molar-refractivity contribution in [3.05, 3.63) is 10.4 Å². The summed E-state index contributed by atoms with van der Waals surface area (Å²) < 4.78 is 0. The molecule has 0 aromatic heterocycles. The molecule has 0 aromatic carbocycles. The lowest BCUT2D eigenvalue weighted by molar-refractivity contribution is -0.138. The van der Waals surface area contributed by atoms with Gasteiger partial charge in [-0.2, -0.15) is 5.11 Å². The predicted octanol–water partition coefficient (Wildman–Crippen LogP) is 0.0758. The number of rotatable bonds is 4. The molecular formula is C3H6N6O2. The van der Waals surface area contributed by atoms with Gasteiger partial charge in [-0.05, 0) is 5.53 Å². The van der Waals surface area contributed by atoms with Gasteiger partial charge < -0.3 is 10.9 Å². The molecule has 0 radical (unpaired) electrons. The van der Waals surface area contributed by atoms with Crippen LogP contribution in [0.1, 0.15) is 0 Å². The summed E-state index contributed by atoms with van der Waals surface area (Å²) in [6.07, 6.45) is 0. The normalized spacial score (nSPS) is 12.4. The molecular weight excluding hydrogens is 152 g/mol. The second-order valence-electron chi connectivity index (χ2n) is 1.50. The van der Waals surface area contributed by atoms with Gasteiger partial charge in [0.25, 0.3) is 0 Å². The molecule has 60 valence electrons. The third-order valence-electron chi connectivity index (χ3n) is 0.809. The van der Waals surface area contributed by atoms with E-state index in [1.165, 1.54) is 0 Å². The Bertz CT molecular complexity index is 206. The molecule has 0 unspecified atom stereocenters. The summed E-state index contributed by atoms with van der Waals surface area (Å²) in [5.74, 6) is 3.37. The number of carboxylic acids is 1. The fraction of sp³-hybridized carbons (Fsp3) is 0.667. The van der Waals surface area contributed by atoms with Crippen molar-refractivity contribution in [2.24, 2.45) is 21.3 Å². The van der Waals surface area contributed by atoms with E-state index in [4.69, 9.17) is 10.6 Å². The lowest BCUT2D eigenvalue weighted by atomic mass is 10.3. The van der Waals surface area contributed by atoms with Gasteiger partial charge in [-0.1, -0.05) is 10.3 Å². The topological polar surface area (TPSA) is 137 Å². The van der Waals surface area contributed by atoms with Crippen molar-refractivity contribution in [2.75, 3.05) is 6.54 Å². The van der Waals surface area contributed by atoms with E-state index in [-0.39, 0.29) is 6.54 Å². The highest BCUT2D eigenvalue weighted by Gasteiger charge is 2.14. The number of carbonyl (C=O) groups is 1. The van der Waals surface area contributed by atoms with Crippen LogP contribution >= 0.6 is 0 Å². The third-order valence-corrected chi connectivity index (χ3v) is 0.809. The van der Waals surface area contributed by atoms with E-state index >= 15 is 0 Å². The quantitative estimate of drug-likeness (QED) is 0.197. The van der Waals surface area contributed by atoms with Crippen molar-refractivity contribution < 1.29 is 9.90 Å². The van der Waals surface area contributed by atoms with Gasteiger partial charge >= 0.3 is 5.97 Å². The Labute approximate surface area is 61.3 Å². The Morgan fingerprint density at radius 3 is 2.82 bits per heavy atom. The Kier molecular flexibility index (Phi) is 4.18. The number of hydrogen-bond donors (Lipinski definition) is 2. The molecule has 0 saturated carbocycles.